The van der Waals surface area contributed by atoms with Gasteiger partial charge in [0.2, 0.25) is 5.91 Å². The standard InChI is InChI=1S/C15H19N3O3S2/c1-10(15-17-12-4-2-3-5-13(12)18-15)16-14(19)8-22-11-6-7-23(20,21)9-11/h2-5,10-11H,6-9H2,1H3,(H,16,19)(H,17,18). The Kier molecular flexibility index (Phi) is 4.63. The van der Waals surface area contributed by atoms with E-state index in [4.69, 9.17) is 0 Å². The minimum Gasteiger partial charge on any atom is -0.346 e. The van der Waals surface area contributed by atoms with Crippen LogP contribution in [0.2, 0.25) is 0 Å². The average molecular weight is 353 g/mol. The maximum atomic E-state index is 12.0. The monoisotopic (exact) mass is 353 g/mol. The van der Waals surface area contributed by atoms with Gasteiger partial charge in [0.25, 0.3) is 0 Å². The van der Waals surface area contributed by atoms with Crippen molar-refractivity contribution in [3.05, 3.63) is 30.1 Å². The lowest BCUT2D eigenvalue weighted by Gasteiger charge is -2.12. The number of carbonyl (C=O) groups excluding carboxylic acids is 1. The maximum absolute atomic E-state index is 12.0. The summed E-state index contributed by atoms with van der Waals surface area (Å²) < 4.78 is 22.8. The fourth-order valence-electron chi connectivity index (χ4n) is 2.61. The first-order valence-corrected chi connectivity index (χ1v) is 10.4. The number of rotatable bonds is 5. The van der Waals surface area contributed by atoms with E-state index >= 15 is 0 Å². The molecule has 124 valence electrons. The minimum absolute atomic E-state index is 0.0345. The third kappa shape index (κ3) is 4.06. The van der Waals surface area contributed by atoms with Crippen LogP contribution >= 0.6 is 11.8 Å². The lowest BCUT2D eigenvalue weighted by molar-refractivity contribution is -0.119. The van der Waals surface area contributed by atoms with Crippen molar-refractivity contribution in [3.63, 3.8) is 0 Å². The molecule has 8 heteroatoms. The molecule has 2 heterocycles. The molecule has 1 amide bonds. The normalized spacial score (nSPS) is 21.3. The Morgan fingerprint density at radius 3 is 2.96 bits per heavy atom. The summed E-state index contributed by atoms with van der Waals surface area (Å²) in [6, 6.07) is 7.49. The third-order valence-electron chi connectivity index (χ3n) is 3.84. The molecule has 1 aliphatic heterocycles. The first-order valence-electron chi connectivity index (χ1n) is 7.49. The van der Waals surface area contributed by atoms with E-state index in [1.807, 2.05) is 31.2 Å². The summed E-state index contributed by atoms with van der Waals surface area (Å²) in [5, 5.41) is 2.93. The van der Waals surface area contributed by atoms with E-state index in [-0.39, 0.29) is 34.5 Å². The summed E-state index contributed by atoms with van der Waals surface area (Å²) in [5.41, 5.74) is 1.81. The number of fused-ring (bicyclic) bond motifs is 1. The number of aromatic amines is 1. The number of thioether (sulfide) groups is 1. The predicted octanol–water partition coefficient (Wildman–Crippen LogP) is 1.66. The Morgan fingerprint density at radius 1 is 1.48 bits per heavy atom. The third-order valence-corrected chi connectivity index (χ3v) is 7.12. The molecule has 0 radical (unpaired) electrons. The van der Waals surface area contributed by atoms with Crippen LogP contribution in [-0.4, -0.2) is 46.8 Å². The number of nitrogens with zero attached hydrogens (tertiary/aromatic N) is 1. The van der Waals surface area contributed by atoms with Crippen molar-refractivity contribution < 1.29 is 13.2 Å². The number of amides is 1. The lowest BCUT2D eigenvalue weighted by atomic mass is 10.3. The molecule has 23 heavy (non-hydrogen) atoms. The van der Waals surface area contributed by atoms with Crippen LogP contribution in [0.25, 0.3) is 11.0 Å². The van der Waals surface area contributed by atoms with Gasteiger partial charge >= 0.3 is 0 Å². The van der Waals surface area contributed by atoms with Crippen LogP contribution in [0.5, 0.6) is 0 Å². The number of sulfone groups is 1. The van der Waals surface area contributed by atoms with Gasteiger partial charge in [-0.2, -0.15) is 0 Å². The molecular formula is C15H19N3O3S2. The highest BCUT2D eigenvalue weighted by Gasteiger charge is 2.28. The van der Waals surface area contributed by atoms with Gasteiger partial charge in [-0.1, -0.05) is 12.1 Å². The summed E-state index contributed by atoms with van der Waals surface area (Å²) in [5.74, 6) is 1.30. The van der Waals surface area contributed by atoms with Gasteiger partial charge < -0.3 is 10.3 Å². The molecular weight excluding hydrogens is 334 g/mol. The van der Waals surface area contributed by atoms with Gasteiger partial charge in [-0.3, -0.25) is 4.79 Å². The van der Waals surface area contributed by atoms with Gasteiger partial charge in [0.15, 0.2) is 9.84 Å². The molecule has 2 N–H and O–H groups in total. The van der Waals surface area contributed by atoms with Crippen molar-refractivity contribution in [3.8, 4) is 0 Å². The quantitative estimate of drug-likeness (QED) is 0.853. The largest absolute Gasteiger partial charge is 0.346 e. The van der Waals surface area contributed by atoms with E-state index < -0.39 is 9.84 Å². The van der Waals surface area contributed by atoms with Gasteiger partial charge in [0, 0.05) is 5.25 Å². The van der Waals surface area contributed by atoms with E-state index in [1.54, 1.807) is 0 Å². The van der Waals surface area contributed by atoms with Crippen molar-refractivity contribution in [1.82, 2.24) is 15.3 Å². The second-order valence-electron chi connectivity index (χ2n) is 5.76. The van der Waals surface area contributed by atoms with E-state index in [2.05, 4.69) is 15.3 Å². The summed E-state index contributed by atoms with van der Waals surface area (Å²) in [4.78, 5) is 19.7. The van der Waals surface area contributed by atoms with Crippen LogP contribution in [0, 0.1) is 0 Å². The van der Waals surface area contributed by atoms with Gasteiger partial charge in [-0.05, 0) is 25.5 Å². The number of carbonyl (C=O) groups is 1. The maximum Gasteiger partial charge on any atom is 0.230 e. The second kappa shape index (κ2) is 6.52. The van der Waals surface area contributed by atoms with Crippen LogP contribution < -0.4 is 5.32 Å². The zero-order valence-electron chi connectivity index (χ0n) is 12.8. The van der Waals surface area contributed by atoms with Crippen molar-refractivity contribution in [2.24, 2.45) is 0 Å². The van der Waals surface area contributed by atoms with Crippen LogP contribution in [0.15, 0.2) is 24.3 Å². The number of para-hydroxylation sites is 2. The molecule has 0 saturated carbocycles. The Balaban J connectivity index is 1.53. The van der Waals surface area contributed by atoms with Gasteiger partial charge in [0.1, 0.15) is 5.82 Å². The molecule has 1 aliphatic rings. The van der Waals surface area contributed by atoms with E-state index in [1.165, 1.54) is 11.8 Å². The summed E-state index contributed by atoms with van der Waals surface area (Å²) >= 11 is 1.41. The van der Waals surface area contributed by atoms with Crippen LogP contribution in [0.3, 0.4) is 0 Å². The number of benzene rings is 1. The summed E-state index contributed by atoms with van der Waals surface area (Å²) in [6.45, 7) is 1.88. The van der Waals surface area contributed by atoms with Crippen LogP contribution in [-0.2, 0) is 14.6 Å². The van der Waals surface area contributed by atoms with E-state index in [0.717, 1.165) is 11.0 Å². The van der Waals surface area contributed by atoms with Crippen molar-refractivity contribution in [2.45, 2.75) is 24.6 Å². The number of aromatic nitrogens is 2. The Morgan fingerprint density at radius 2 is 2.26 bits per heavy atom. The van der Waals surface area contributed by atoms with E-state index in [9.17, 15) is 13.2 Å². The van der Waals surface area contributed by atoms with Crippen molar-refractivity contribution in [2.75, 3.05) is 17.3 Å². The van der Waals surface area contributed by atoms with E-state index in [0.29, 0.717) is 12.2 Å². The molecule has 2 atom stereocenters. The zero-order valence-corrected chi connectivity index (χ0v) is 14.4. The van der Waals surface area contributed by atoms with Gasteiger partial charge in [-0.15, -0.1) is 11.8 Å². The molecule has 1 fully saturated rings. The molecule has 0 bridgehead atoms. The fraction of sp³-hybridized carbons (Fsp3) is 0.467. The summed E-state index contributed by atoms with van der Waals surface area (Å²) in [7, 11) is -2.89. The summed E-state index contributed by atoms with van der Waals surface area (Å²) in [6.07, 6.45) is 0.638. The number of H-pyrrole nitrogens is 1. The molecule has 0 aliphatic carbocycles. The Hall–Kier alpha value is -1.54. The molecule has 2 unspecified atom stereocenters. The molecule has 3 rings (SSSR count). The minimum atomic E-state index is -2.89. The molecule has 2 aromatic rings. The highest BCUT2D eigenvalue weighted by Crippen LogP contribution is 2.24. The number of hydrogen-bond acceptors (Lipinski definition) is 5. The highest BCUT2D eigenvalue weighted by atomic mass is 32.2. The molecule has 0 spiro atoms. The second-order valence-corrected chi connectivity index (χ2v) is 9.28. The number of imidazole rings is 1. The fourth-order valence-corrected chi connectivity index (χ4v) is 6.07. The lowest BCUT2D eigenvalue weighted by Crippen LogP contribution is -2.29. The average Bonchev–Trinajstić information content (AvgIpc) is 3.08. The Bertz CT molecular complexity index is 783. The van der Waals surface area contributed by atoms with Crippen molar-refractivity contribution >= 4 is 38.5 Å². The highest BCUT2D eigenvalue weighted by molar-refractivity contribution is 8.02. The van der Waals surface area contributed by atoms with Gasteiger partial charge in [0.05, 0.1) is 34.3 Å². The number of nitrogens with one attached hydrogen (secondary N) is 2. The smallest absolute Gasteiger partial charge is 0.230 e. The molecule has 6 nitrogen and oxygen atoms in total. The van der Waals surface area contributed by atoms with Gasteiger partial charge in [-0.25, -0.2) is 13.4 Å². The SMILES string of the molecule is CC(NC(=O)CSC1CCS(=O)(=O)C1)c1nc2ccccc2[nH]1. The first-order chi connectivity index (χ1) is 10.9. The first kappa shape index (κ1) is 16.3. The Labute approximate surface area is 139 Å². The molecule has 1 aromatic heterocycles. The predicted molar refractivity (Wildman–Crippen MR) is 92.2 cm³/mol. The zero-order chi connectivity index (χ0) is 16.4. The number of hydrogen-bond donors (Lipinski definition) is 2. The van der Waals surface area contributed by atoms with Crippen LogP contribution in [0.1, 0.15) is 25.2 Å². The molecule has 1 aromatic carbocycles. The van der Waals surface area contributed by atoms with Crippen LogP contribution in [0.4, 0.5) is 0 Å². The topological polar surface area (TPSA) is 91.9 Å². The molecule has 1 saturated heterocycles. The van der Waals surface area contributed by atoms with Crippen molar-refractivity contribution in [1.29, 1.82) is 0 Å².